The first kappa shape index (κ1) is 9.36. The van der Waals surface area contributed by atoms with Crippen LogP contribution in [0, 0.1) is 0 Å². The third-order valence-electron chi connectivity index (χ3n) is 2.49. The van der Waals surface area contributed by atoms with Crippen LogP contribution >= 0.6 is 0 Å². The van der Waals surface area contributed by atoms with Crippen LogP contribution in [0.25, 0.3) is 0 Å². The van der Waals surface area contributed by atoms with Crippen molar-refractivity contribution < 1.29 is 5.11 Å². The van der Waals surface area contributed by atoms with E-state index in [0.717, 1.165) is 23.4 Å². The van der Waals surface area contributed by atoms with Crippen LogP contribution in [-0.2, 0) is 12.8 Å². The van der Waals surface area contributed by atoms with Crippen LogP contribution in [0.2, 0.25) is 0 Å². The highest BCUT2D eigenvalue weighted by atomic mass is 16.3. The van der Waals surface area contributed by atoms with Gasteiger partial charge in [0, 0.05) is 12.0 Å². The molecule has 5 nitrogen and oxygen atoms in total. The molecular formula is C9H14N4O. The third-order valence-corrected chi connectivity index (χ3v) is 2.49. The number of nitrogens with zero attached hydrogens (tertiary/aromatic N) is 2. The number of nitrogen functional groups attached to an aromatic ring is 1. The number of rotatable bonds is 2. The van der Waals surface area contributed by atoms with E-state index in [1.807, 2.05) is 0 Å². The zero-order chi connectivity index (χ0) is 10.1. The van der Waals surface area contributed by atoms with E-state index in [0.29, 0.717) is 19.4 Å². The highest BCUT2D eigenvalue weighted by Crippen LogP contribution is 2.32. The zero-order valence-electron chi connectivity index (χ0n) is 7.90. The summed E-state index contributed by atoms with van der Waals surface area (Å²) in [6.45, 7) is 0.510. The number of aromatic nitrogens is 2. The van der Waals surface area contributed by atoms with Gasteiger partial charge in [0.1, 0.15) is 0 Å². The van der Waals surface area contributed by atoms with Crippen molar-refractivity contribution in [3.05, 3.63) is 17.0 Å². The summed E-state index contributed by atoms with van der Waals surface area (Å²) >= 11 is 0. The second-order valence-corrected chi connectivity index (χ2v) is 3.48. The van der Waals surface area contributed by atoms with Gasteiger partial charge in [-0.05, 0) is 19.4 Å². The average molecular weight is 194 g/mol. The molecule has 0 saturated heterocycles. The van der Waals surface area contributed by atoms with Crippen LogP contribution in [0.15, 0.2) is 0 Å². The van der Waals surface area contributed by atoms with Crippen molar-refractivity contribution in [2.75, 3.05) is 12.3 Å². The summed E-state index contributed by atoms with van der Waals surface area (Å²) in [5, 5.41) is 9.72. The van der Waals surface area contributed by atoms with E-state index in [4.69, 9.17) is 11.5 Å². The molecule has 0 saturated carbocycles. The van der Waals surface area contributed by atoms with Crippen LogP contribution in [0.4, 0.5) is 5.95 Å². The first-order valence-corrected chi connectivity index (χ1v) is 4.75. The van der Waals surface area contributed by atoms with Crippen molar-refractivity contribution in [1.29, 1.82) is 0 Å². The Morgan fingerprint density at radius 3 is 2.93 bits per heavy atom. The maximum atomic E-state index is 9.72. The van der Waals surface area contributed by atoms with Crippen molar-refractivity contribution in [3.63, 3.8) is 0 Å². The van der Waals surface area contributed by atoms with Gasteiger partial charge in [0.15, 0.2) is 0 Å². The lowest BCUT2D eigenvalue weighted by Crippen LogP contribution is -2.12. The number of anilines is 1. The van der Waals surface area contributed by atoms with Gasteiger partial charge >= 0.3 is 0 Å². The predicted octanol–water partition coefficient (Wildman–Crippen LogP) is -0.460. The lowest BCUT2D eigenvalue weighted by molar-refractivity contribution is 0.178. The van der Waals surface area contributed by atoms with Crippen LogP contribution in [-0.4, -0.2) is 21.6 Å². The van der Waals surface area contributed by atoms with E-state index in [-0.39, 0.29) is 5.95 Å². The number of aliphatic hydroxyl groups is 1. The summed E-state index contributed by atoms with van der Waals surface area (Å²) in [5.41, 5.74) is 13.6. The predicted molar refractivity (Wildman–Crippen MR) is 52.5 cm³/mol. The molecule has 2 rings (SSSR count). The largest absolute Gasteiger partial charge is 0.388 e. The minimum absolute atomic E-state index is 0.279. The fourth-order valence-electron chi connectivity index (χ4n) is 1.91. The normalized spacial score (nSPS) is 19.7. The molecule has 0 radical (unpaired) electrons. The molecule has 1 heterocycles. The van der Waals surface area contributed by atoms with E-state index in [1.165, 1.54) is 0 Å². The SMILES string of the molecule is NCCc1nc(N)nc2c1C(O)CC2. The lowest BCUT2D eigenvalue weighted by atomic mass is 10.1. The molecule has 1 aromatic heterocycles. The first-order valence-electron chi connectivity index (χ1n) is 4.75. The summed E-state index contributed by atoms with van der Waals surface area (Å²) < 4.78 is 0. The lowest BCUT2D eigenvalue weighted by Gasteiger charge is -2.09. The van der Waals surface area contributed by atoms with Gasteiger partial charge in [-0.25, -0.2) is 9.97 Å². The molecule has 14 heavy (non-hydrogen) atoms. The standard InChI is InChI=1S/C9H14N4O/c10-4-3-6-8-5(1-2-7(8)14)12-9(11)13-6/h7,14H,1-4,10H2,(H2,11,12,13). The van der Waals surface area contributed by atoms with Crippen molar-refractivity contribution in [1.82, 2.24) is 9.97 Å². The van der Waals surface area contributed by atoms with Gasteiger partial charge in [-0.15, -0.1) is 0 Å². The smallest absolute Gasteiger partial charge is 0.220 e. The molecule has 1 unspecified atom stereocenters. The maximum Gasteiger partial charge on any atom is 0.220 e. The Bertz CT molecular complexity index is 353. The summed E-state index contributed by atoms with van der Waals surface area (Å²) in [4.78, 5) is 8.22. The molecule has 0 aromatic carbocycles. The maximum absolute atomic E-state index is 9.72. The molecule has 0 amide bonds. The third kappa shape index (κ3) is 1.44. The van der Waals surface area contributed by atoms with Crippen molar-refractivity contribution in [3.8, 4) is 0 Å². The summed E-state index contributed by atoms with van der Waals surface area (Å²) in [6, 6.07) is 0. The van der Waals surface area contributed by atoms with E-state index in [1.54, 1.807) is 0 Å². The molecule has 5 heteroatoms. The van der Waals surface area contributed by atoms with Gasteiger partial charge in [-0.2, -0.15) is 0 Å². The van der Waals surface area contributed by atoms with Crippen LogP contribution in [0.5, 0.6) is 0 Å². The van der Waals surface area contributed by atoms with Crippen molar-refractivity contribution in [2.24, 2.45) is 5.73 Å². The Morgan fingerprint density at radius 2 is 2.21 bits per heavy atom. The van der Waals surface area contributed by atoms with Gasteiger partial charge in [0.05, 0.1) is 17.5 Å². The summed E-state index contributed by atoms with van der Waals surface area (Å²) in [7, 11) is 0. The number of fused-ring (bicyclic) bond motifs is 1. The molecule has 1 aliphatic carbocycles. The highest BCUT2D eigenvalue weighted by Gasteiger charge is 2.25. The molecular weight excluding hydrogens is 180 g/mol. The van der Waals surface area contributed by atoms with Gasteiger partial charge in [0.25, 0.3) is 0 Å². The summed E-state index contributed by atoms with van der Waals surface area (Å²) in [5.74, 6) is 0.279. The molecule has 1 aromatic rings. The Balaban J connectivity index is 2.47. The minimum atomic E-state index is -0.438. The van der Waals surface area contributed by atoms with Crippen molar-refractivity contribution in [2.45, 2.75) is 25.4 Å². The van der Waals surface area contributed by atoms with E-state index < -0.39 is 6.10 Å². The van der Waals surface area contributed by atoms with Crippen LogP contribution in [0.3, 0.4) is 0 Å². The van der Waals surface area contributed by atoms with Gasteiger partial charge in [0.2, 0.25) is 5.95 Å². The fraction of sp³-hybridized carbons (Fsp3) is 0.556. The number of aliphatic hydroxyl groups excluding tert-OH is 1. The van der Waals surface area contributed by atoms with Gasteiger partial charge in [-0.1, -0.05) is 0 Å². The van der Waals surface area contributed by atoms with Crippen LogP contribution in [0.1, 0.15) is 29.5 Å². The molecule has 0 aliphatic heterocycles. The van der Waals surface area contributed by atoms with Gasteiger partial charge < -0.3 is 16.6 Å². The first-order chi connectivity index (χ1) is 6.72. The quantitative estimate of drug-likeness (QED) is 0.591. The van der Waals surface area contributed by atoms with E-state index >= 15 is 0 Å². The Hall–Kier alpha value is -1.20. The van der Waals surface area contributed by atoms with E-state index in [9.17, 15) is 5.11 Å². The number of hydrogen-bond donors (Lipinski definition) is 3. The Morgan fingerprint density at radius 1 is 1.43 bits per heavy atom. The molecule has 76 valence electrons. The molecule has 0 bridgehead atoms. The number of nitrogens with two attached hydrogens (primary N) is 2. The average Bonchev–Trinajstić information content (AvgIpc) is 2.48. The second kappa shape index (κ2) is 3.51. The topological polar surface area (TPSA) is 98.0 Å². The molecule has 0 spiro atoms. The Kier molecular flexibility index (Phi) is 2.35. The minimum Gasteiger partial charge on any atom is -0.388 e. The molecule has 1 atom stereocenters. The van der Waals surface area contributed by atoms with Crippen LogP contribution < -0.4 is 11.5 Å². The number of hydrogen-bond acceptors (Lipinski definition) is 5. The highest BCUT2D eigenvalue weighted by molar-refractivity contribution is 5.36. The second-order valence-electron chi connectivity index (χ2n) is 3.48. The monoisotopic (exact) mass is 194 g/mol. The molecule has 1 aliphatic rings. The molecule has 0 fully saturated rings. The summed E-state index contributed by atoms with van der Waals surface area (Å²) in [6.07, 6.45) is 1.70. The van der Waals surface area contributed by atoms with Gasteiger partial charge in [-0.3, -0.25) is 0 Å². The fourth-order valence-corrected chi connectivity index (χ4v) is 1.91. The number of aryl methyl sites for hydroxylation is 1. The van der Waals surface area contributed by atoms with E-state index in [2.05, 4.69) is 9.97 Å². The zero-order valence-corrected chi connectivity index (χ0v) is 7.90. The van der Waals surface area contributed by atoms with Crippen molar-refractivity contribution >= 4 is 5.95 Å². The Labute approximate surface area is 82.2 Å². The molecule has 5 N–H and O–H groups in total.